The number of likely N-dealkylation sites (tertiary alicyclic amines) is 1. The first-order valence-corrected chi connectivity index (χ1v) is 9.11. The van der Waals surface area contributed by atoms with E-state index in [4.69, 9.17) is 16.3 Å². The Bertz CT molecular complexity index is 605. The summed E-state index contributed by atoms with van der Waals surface area (Å²) in [6, 6.07) is 7.92. The number of amides is 1. The van der Waals surface area contributed by atoms with E-state index >= 15 is 0 Å². The average molecular weight is 334 g/mol. The van der Waals surface area contributed by atoms with Crippen LogP contribution < -0.4 is 0 Å². The molecule has 1 aliphatic carbocycles. The van der Waals surface area contributed by atoms with Gasteiger partial charge in [-0.3, -0.25) is 4.79 Å². The summed E-state index contributed by atoms with van der Waals surface area (Å²) in [6.45, 7) is 3.49. The van der Waals surface area contributed by atoms with Gasteiger partial charge in [-0.25, -0.2) is 0 Å². The number of ether oxygens (including phenoxy) is 1. The maximum Gasteiger partial charge on any atom is 0.229 e. The van der Waals surface area contributed by atoms with Crippen molar-refractivity contribution in [3.8, 4) is 0 Å². The minimum Gasteiger partial charge on any atom is -0.381 e. The van der Waals surface area contributed by atoms with Gasteiger partial charge in [0.15, 0.2) is 0 Å². The molecule has 124 valence electrons. The Labute approximate surface area is 142 Å². The summed E-state index contributed by atoms with van der Waals surface area (Å²) in [5.74, 6) is 0.347. The second-order valence-corrected chi connectivity index (χ2v) is 8.09. The van der Waals surface area contributed by atoms with E-state index < -0.39 is 0 Å². The molecule has 0 aromatic heterocycles. The number of hydrogen-bond donors (Lipinski definition) is 0. The molecule has 4 heteroatoms. The second-order valence-electron chi connectivity index (χ2n) is 7.68. The van der Waals surface area contributed by atoms with E-state index in [2.05, 4.69) is 11.0 Å². The van der Waals surface area contributed by atoms with Crippen LogP contribution in [0.2, 0.25) is 5.02 Å². The predicted molar refractivity (Wildman–Crippen MR) is 90.5 cm³/mol. The molecule has 1 amide bonds. The van der Waals surface area contributed by atoms with Crippen LogP contribution in [-0.2, 0) is 16.0 Å². The van der Waals surface area contributed by atoms with Crippen LogP contribution in [0.1, 0.15) is 37.7 Å². The molecule has 0 radical (unpaired) electrons. The number of benzene rings is 1. The van der Waals surface area contributed by atoms with Crippen molar-refractivity contribution in [2.75, 3.05) is 26.3 Å². The second kappa shape index (κ2) is 5.78. The number of carbonyl (C=O) groups excluding carboxylic acids is 1. The summed E-state index contributed by atoms with van der Waals surface area (Å²) < 4.78 is 5.69. The average Bonchev–Trinajstić information content (AvgIpc) is 3.25. The number of halogens is 1. The molecule has 3 aliphatic rings. The van der Waals surface area contributed by atoms with E-state index in [1.165, 1.54) is 6.42 Å². The van der Waals surface area contributed by atoms with Gasteiger partial charge in [0.05, 0.1) is 12.0 Å². The summed E-state index contributed by atoms with van der Waals surface area (Å²) in [5.41, 5.74) is 1.15. The van der Waals surface area contributed by atoms with Crippen LogP contribution in [0.5, 0.6) is 0 Å². The highest BCUT2D eigenvalue weighted by Gasteiger charge is 2.54. The summed E-state index contributed by atoms with van der Waals surface area (Å²) in [5, 5.41) is 0.783. The summed E-state index contributed by atoms with van der Waals surface area (Å²) in [4.78, 5) is 15.2. The van der Waals surface area contributed by atoms with Gasteiger partial charge >= 0.3 is 0 Å². The molecular weight excluding hydrogens is 310 g/mol. The Balaban J connectivity index is 1.46. The van der Waals surface area contributed by atoms with Gasteiger partial charge in [-0.15, -0.1) is 0 Å². The largest absolute Gasteiger partial charge is 0.381 e. The zero-order valence-electron chi connectivity index (χ0n) is 13.5. The van der Waals surface area contributed by atoms with Crippen LogP contribution in [0.3, 0.4) is 0 Å². The van der Waals surface area contributed by atoms with Crippen molar-refractivity contribution in [1.82, 2.24) is 4.90 Å². The minimum atomic E-state index is -0.188. The zero-order valence-corrected chi connectivity index (χ0v) is 14.3. The predicted octanol–water partition coefficient (Wildman–Crippen LogP) is 3.69. The third-order valence-electron chi connectivity index (χ3n) is 5.92. The fraction of sp³-hybridized carbons (Fsp3) is 0.632. The zero-order chi connectivity index (χ0) is 15.9. The Morgan fingerprint density at radius 2 is 2.04 bits per heavy atom. The molecule has 3 nitrogen and oxygen atoms in total. The first-order chi connectivity index (χ1) is 11.1. The SMILES string of the molecule is O=C(N1CCC2(CCCOC2)C1)C1(Cc2ccccc2Cl)CC1. The number of rotatable bonds is 3. The summed E-state index contributed by atoms with van der Waals surface area (Å²) >= 11 is 6.30. The Morgan fingerprint density at radius 3 is 2.74 bits per heavy atom. The molecule has 1 aromatic rings. The number of hydrogen-bond acceptors (Lipinski definition) is 2. The lowest BCUT2D eigenvalue weighted by molar-refractivity contribution is -0.136. The quantitative estimate of drug-likeness (QED) is 0.844. The van der Waals surface area contributed by atoms with Crippen molar-refractivity contribution in [1.29, 1.82) is 0 Å². The van der Waals surface area contributed by atoms with Crippen molar-refractivity contribution >= 4 is 17.5 Å². The highest BCUT2D eigenvalue weighted by molar-refractivity contribution is 6.31. The van der Waals surface area contributed by atoms with Crippen molar-refractivity contribution in [3.05, 3.63) is 34.9 Å². The van der Waals surface area contributed by atoms with Gasteiger partial charge < -0.3 is 9.64 Å². The van der Waals surface area contributed by atoms with E-state index in [9.17, 15) is 4.79 Å². The molecule has 0 N–H and O–H groups in total. The molecule has 2 saturated heterocycles. The van der Waals surface area contributed by atoms with E-state index in [-0.39, 0.29) is 10.8 Å². The first-order valence-electron chi connectivity index (χ1n) is 8.73. The van der Waals surface area contributed by atoms with Crippen LogP contribution in [0.15, 0.2) is 24.3 Å². The number of carbonyl (C=O) groups is 1. The normalized spacial score (nSPS) is 29.0. The van der Waals surface area contributed by atoms with Gasteiger partial charge in [-0.05, 0) is 50.2 Å². The molecule has 2 aliphatic heterocycles. The van der Waals surface area contributed by atoms with Crippen LogP contribution in [-0.4, -0.2) is 37.1 Å². The number of nitrogens with zero attached hydrogens (tertiary/aromatic N) is 1. The first kappa shape index (κ1) is 15.5. The third kappa shape index (κ3) is 2.89. The minimum absolute atomic E-state index is 0.188. The fourth-order valence-corrected chi connectivity index (χ4v) is 4.50. The van der Waals surface area contributed by atoms with Gasteiger partial charge in [0.2, 0.25) is 5.91 Å². The molecule has 1 spiro atoms. The molecule has 2 heterocycles. The molecule has 1 atom stereocenters. The lowest BCUT2D eigenvalue weighted by Gasteiger charge is -2.33. The van der Waals surface area contributed by atoms with Crippen LogP contribution >= 0.6 is 11.6 Å². The Morgan fingerprint density at radius 1 is 1.22 bits per heavy atom. The molecule has 1 aromatic carbocycles. The molecule has 4 rings (SSSR count). The van der Waals surface area contributed by atoms with Gasteiger partial charge in [-0.2, -0.15) is 0 Å². The Kier molecular flexibility index (Phi) is 3.89. The van der Waals surface area contributed by atoms with E-state index in [1.807, 2.05) is 18.2 Å². The molecule has 23 heavy (non-hydrogen) atoms. The van der Waals surface area contributed by atoms with E-state index in [1.54, 1.807) is 0 Å². The third-order valence-corrected chi connectivity index (χ3v) is 6.29. The van der Waals surface area contributed by atoms with Crippen molar-refractivity contribution in [3.63, 3.8) is 0 Å². The molecule has 1 unspecified atom stereocenters. The lowest BCUT2D eigenvalue weighted by Crippen LogP contribution is -2.40. The summed E-state index contributed by atoms with van der Waals surface area (Å²) in [6.07, 6.45) is 6.21. The van der Waals surface area contributed by atoms with Crippen LogP contribution in [0, 0.1) is 10.8 Å². The smallest absolute Gasteiger partial charge is 0.229 e. The molecule has 0 bridgehead atoms. The van der Waals surface area contributed by atoms with Gasteiger partial charge in [0.1, 0.15) is 0 Å². The van der Waals surface area contributed by atoms with Gasteiger partial charge in [0, 0.05) is 30.1 Å². The molecule has 3 fully saturated rings. The standard InChI is InChI=1S/C19H24ClNO2/c20-16-5-2-1-4-15(16)12-19(7-8-19)17(22)21-10-9-18(13-21)6-3-11-23-14-18/h1-2,4-5H,3,6-14H2. The highest BCUT2D eigenvalue weighted by atomic mass is 35.5. The van der Waals surface area contributed by atoms with Crippen LogP contribution in [0.4, 0.5) is 0 Å². The van der Waals surface area contributed by atoms with Crippen molar-refractivity contribution < 1.29 is 9.53 Å². The van der Waals surface area contributed by atoms with E-state index in [0.717, 1.165) is 69.0 Å². The lowest BCUT2D eigenvalue weighted by atomic mass is 9.82. The fourth-order valence-electron chi connectivity index (χ4n) is 4.30. The molecule has 1 saturated carbocycles. The Hall–Kier alpha value is -1.06. The van der Waals surface area contributed by atoms with Crippen molar-refractivity contribution in [2.24, 2.45) is 10.8 Å². The topological polar surface area (TPSA) is 29.5 Å². The van der Waals surface area contributed by atoms with Gasteiger partial charge in [-0.1, -0.05) is 29.8 Å². The maximum atomic E-state index is 13.1. The molecular formula is C19H24ClNO2. The van der Waals surface area contributed by atoms with Gasteiger partial charge in [0.25, 0.3) is 0 Å². The van der Waals surface area contributed by atoms with E-state index in [0.29, 0.717) is 5.91 Å². The highest BCUT2D eigenvalue weighted by Crippen LogP contribution is 2.52. The van der Waals surface area contributed by atoms with Crippen LogP contribution in [0.25, 0.3) is 0 Å². The summed E-state index contributed by atoms with van der Waals surface area (Å²) in [7, 11) is 0. The monoisotopic (exact) mass is 333 g/mol. The van der Waals surface area contributed by atoms with Crippen molar-refractivity contribution in [2.45, 2.75) is 38.5 Å². The maximum absolute atomic E-state index is 13.1.